The first kappa shape index (κ1) is 18.7. The summed E-state index contributed by atoms with van der Waals surface area (Å²) in [5, 5.41) is 4.06. The van der Waals surface area contributed by atoms with E-state index < -0.39 is 21.8 Å². The highest BCUT2D eigenvalue weighted by molar-refractivity contribution is 7.89. The van der Waals surface area contributed by atoms with E-state index in [1.807, 2.05) is 0 Å². The van der Waals surface area contributed by atoms with Gasteiger partial charge in [-0.25, -0.2) is 8.42 Å². The Labute approximate surface area is 149 Å². The lowest BCUT2D eigenvalue weighted by Crippen LogP contribution is -2.48. The number of nitrogens with zero attached hydrogens (tertiary/aromatic N) is 4. The van der Waals surface area contributed by atoms with E-state index in [-0.39, 0.29) is 18.0 Å². The largest absolute Gasteiger partial charge is 0.416 e. The Kier molecular flexibility index (Phi) is 4.74. The van der Waals surface area contributed by atoms with Crippen molar-refractivity contribution in [1.29, 1.82) is 0 Å². The van der Waals surface area contributed by atoms with Gasteiger partial charge in [0, 0.05) is 45.1 Å². The van der Waals surface area contributed by atoms with Crippen molar-refractivity contribution in [3.8, 4) is 0 Å². The van der Waals surface area contributed by atoms with E-state index in [0.717, 1.165) is 12.1 Å². The first-order chi connectivity index (χ1) is 12.1. The number of benzene rings is 1. The van der Waals surface area contributed by atoms with Gasteiger partial charge in [0.2, 0.25) is 10.0 Å². The van der Waals surface area contributed by atoms with Crippen molar-refractivity contribution in [2.45, 2.75) is 18.0 Å². The third-order valence-electron chi connectivity index (χ3n) is 4.36. The van der Waals surface area contributed by atoms with Gasteiger partial charge in [-0.05, 0) is 25.1 Å². The highest BCUT2D eigenvalue weighted by atomic mass is 32.2. The number of hydrogen-bond acceptors (Lipinski definition) is 4. The van der Waals surface area contributed by atoms with Crippen LogP contribution in [0.2, 0.25) is 0 Å². The Morgan fingerprint density at radius 3 is 2.31 bits per heavy atom. The van der Waals surface area contributed by atoms with Gasteiger partial charge in [-0.15, -0.1) is 0 Å². The van der Waals surface area contributed by atoms with E-state index in [2.05, 4.69) is 5.10 Å². The molecule has 3 rings (SSSR count). The van der Waals surface area contributed by atoms with Crippen molar-refractivity contribution in [2.24, 2.45) is 7.05 Å². The number of rotatable bonds is 3. The molecule has 0 atom stereocenters. The van der Waals surface area contributed by atoms with Gasteiger partial charge in [0.15, 0.2) is 0 Å². The molecule has 2 aromatic rings. The van der Waals surface area contributed by atoms with Crippen LogP contribution in [0.25, 0.3) is 0 Å². The summed E-state index contributed by atoms with van der Waals surface area (Å²) in [6, 6.07) is 5.08. The Bertz CT molecular complexity index is 900. The summed E-state index contributed by atoms with van der Waals surface area (Å²) in [6.07, 6.45) is -2.94. The molecular weight excluding hydrogens is 369 g/mol. The average Bonchev–Trinajstić information content (AvgIpc) is 2.93. The number of aryl methyl sites for hydroxylation is 2. The Hall–Kier alpha value is -2.07. The summed E-state index contributed by atoms with van der Waals surface area (Å²) in [7, 11) is -2.02. The summed E-state index contributed by atoms with van der Waals surface area (Å²) in [5.74, 6) is 0. The first-order valence-corrected chi connectivity index (χ1v) is 9.45. The lowest BCUT2D eigenvalue weighted by atomic mass is 10.1. The SMILES string of the molecule is Cc1nn(C)cc1S(=O)(=O)N1CCN(c2cccc(C(F)(F)F)c2)CC1. The molecule has 6 nitrogen and oxygen atoms in total. The van der Waals surface area contributed by atoms with Gasteiger partial charge in [0.1, 0.15) is 4.90 Å². The van der Waals surface area contributed by atoms with Crippen LogP contribution >= 0.6 is 0 Å². The number of alkyl halides is 3. The molecule has 0 saturated carbocycles. The fourth-order valence-corrected chi connectivity index (χ4v) is 4.66. The summed E-state index contributed by atoms with van der Waals surface area (Å²) in [5.41, 5.74) is 0.151. The average molecular weight is 388 g/mol. The van der Waals surface area contributed by atoms with Crippen LogP contribution in [0.5, 0.6) is 0 Å². The Morgan fingerprint density at radius 1 is 1.12 bits per heavy atom. The van der Waals surface area contributed by atoms with Crippen LogP contribution in [-0.2, 0) is 23.2 Å². The maximum absolute atomic E-state index is 12.9. The second-order valence-corrected chi connectivity index (χ2v) is 8.10. The molecule has 10 heteroatoms. The minimum Gasteiger partial charge on any atom is -0.369 e. The van der Waals surface area contributed by atoms with E-state index in [1.165, 1.54) is 21.3 Å². The number of sulfonamides is 1. The highest BCUT2D eigenvalue weighted by Gasteiger charge is 2.33. The van der Waals surface area contributed by atoms with E-state index in [1.54, 1.807) is 24.9 Å². The molecule has 0 N–H and O–H groups in total. The van der Waals surface area contributed by atoms with Gasteiger partial charge in [-0.3, -0.25) is 4.68 Å². The lowest BCUT2D eigenvalue weighted by Gasteiger charge is -2.35. The molecule has 0 amide bonds. The number of anilines is 1. The molecular formula is C16H19F3N4O2S. The second-order valence-electron chi connectivity index (χ2n) is 6.19. The molecule has 142 valence electrons. The van der Waals surface area contributed by atoms with Gasteiger partial charge in [0.25, 0.3) is 0 Å². The zero-order chi connectivity index (χ0) is 19.1. The van der Waals surface area contributed by atoms with Gasteiger partial charge in [0.05, 0.1) is 11.3 Å². The molecule has 2 heterocycles. The molecule has 1 fully saturated rings. The van der Waals surface area contributed by atoms with Crippen LogP contribution in [0.3, 0.4) is 0 Å². The summed E-state index contributed by atoms with van der Waals surface area (Å²) in [6.45, 7) is 2.67. The molecule has 1 aromatic carbocycles. The predicted molar refractivity (Wildman–Crippen MR) is 90.4 cm³/mol. The number of aromatic nitrogens is 2. The maximum Gasteiger partial charge on any atom is 0.416 e. The van der Waals surface area contributed by atoms with Crippen molar-refractivity contribution < 1.29 is 21.6 Å². The molecule has 0 aliphatic carbocycles. The fourth-order valence-electron chi connectivity index (χ4n) is 3.04. The molecule has 1 aliphatic rings. The quantitative estimate of drug-likeness (QED) is 0.809. The van der Waals surface area contributed by atoms with E-state index in [0.29, 0.717) is 24.5 Å². The smallest absolute Gasteiger partial charge is 0.369 e. The highest BCUT2D eigenvalue weighted by Crippen LogP contribution is 2.32. The lowest BCUT2D eigenvalue weighted by molar-refractivity contribution is -0.137. The second kappa shape index (κ2) is 6.58. The summed E-state index contributed by atoms with van der Waals surface area (Å²) < 4.78 is 66.9. The fraction of sp³-hybridized carbons (Fsp3) is 0.438. The van der Waals surface area contributed by atoms with Gasteiger partial charge < -0.3 is 4.90 Å². The molecule has 0 unspecified atom stereocenters. The van der Waals surface area contributed by atoms with Crippen LogP contribution < -0.4 is 4.90 Å². The monoisotopic (exact) mass is 388 g/mol. The molecule has 1 aliphatic heterocycles. The van der Waals surface area contributed by atoms with Crippen molar-refractivity contribution in [3.05, 3.63) is 41.7 Å². The zero-order valence-corrected chi connectivity index (χ0v) is 15.2. The topological polar surface area (TPSA) is 58.4 Å². The summed E-state index contributed by atoms with van der Waals surface area (Å²) >= 11 is 0. The minimum absolute atomic E-state index is 0.160. The number of piperazine rings is 1. The predicted octanol–water partition coefficient (Wildman–Crippen LogP) is 2.26. The van der Waals surface area contributed by atoms with Gasteiger partial charge in [-0.1, -0.05) is 6.07 Å². The number of hydrogen-bond donors (Lipinski definition) is 0. The van der Waals surface area contributed by atoms with Crippen molar-refractivity contribution in [2.75, 3.05) is 31.1 Å². The molecule has 26 heavy (non-hydrogen) atoms. The zero-order valence-electron chi connectivity index (χ0n) is 14.4. The van der Waals surface area contributed by atoms with Crippen LogP contribution in [0.4, 0.5) is 18.9 Å². The minimum atomic E-state index is -4.40. The first-order valence-electron chi connectivity index (χ1n) is 8.01. The van der Waals surface area contributed by atoms with Crippen LogP contribution in [0.15, 0.2) is 35.4 Å². The van der Waals surface area contributed by atoms with Crippen LogP contribution in [0.1, 0.15) is 11.3 Å². The Morgan fingerprint density at radius 2 is 1.77 bits per heavy atom. The third kappa shape index (κ3) is 3.56. The third-order valence-corrected chi connectivity index (χ3v) is 6.37. The summed E-state index contributed by atoms with van der Waals surface area (Å²) in [4.78, 5) is 1.92. The van der Waals surface area contributed by atoms with Crippen LogP contribution in [0, 0.1) is 6.92 Å². The number of halogens is 3. The maximum atomic E-state index is 12.9. The molecule has 0 spiro atoms. The van der Waals surface area contributed by atoms with Crippen LogP contribution in [-0.4, -0.2) is 48.7 Å². The standard InChI is InChI=1S/C16H19F3N4O2S/c1-12-15(11-21(2)20-12)26(24,25)23-8-6-22(7-9-23)14-5-3-4-13(10-14)16(17,18)19/h3-5,10-11H,6-9H2,1-2H3. The van der Waals surface area contributed by atoms with E-state index in [4.69, 9.17) is 0 Å². The molecule has 1 saturated heterocycles. The van der Waals surface area contributed by atoms with Gasteiger partial charge >= 0.3 is 6.18 Å². The van der Waals surface area contributed by atoms with E-state index >= 15 is 0 Å². The van der Waals surface area contributed by atoms with Crippen molar-refractivity contribution >= 4 is 15.7 Å². The normalized spacial score (nSPS) is 16.9. The van der Waals surface area contributed by atoms with Crippen molar-refractivity contribution in [3.63, 3.8) is 0 Å². The molecule has 0 radical (unpaired) electrons. The Balaban J connectivity index is 1.75. The van der Waals surface area contributed by atoms with Gasteiger partial charge in [-0.2, -0.15) is 22.6 Å². The van der Waals surface area contributed by atoms with E-state index in [9.17, 15) is 21.6 Å². The molecule has 0 bridgehead atoms. The molecule has 1 aromatic heterocycles. The van der Waals surface area contributed by atoms with Crippen molar-refractivity contribution in [1.82, 2.24) is 14.1 Å².